The van der Waals surface area contributed by atoms with Gasteiger partial charge < -0.3 is 5.32 Å². The Morgan fingerprint density at radius 3 is 2.52 bits per heavy atom. The van der Waals surface area contributed by atoms with Crippen molar-refractivity contribution in [2.75, 3.05) is 5.32 Å². The number of pyridine rings is 1. The summed E-state index contributed by atoms with van der Waals surface area (Å²) in [6.45, 7) is 0. The van der Waals surface area contributed by atoms with Gasteiger partial charge in [-0.05, 0) is 36.4 Å². The van der Waals surface area contributed by atoms with Crippen LogP contribution in [0.4, 0.5) is 10.1 Å². The minimum Gasteiger partial charge on any atom is -0.321 e. The van der Waals surface area contributed by atoms with E-state index in [0.29, 0.717) is 22.7 Å². The van der Waals surface area contributed by atoms with Crippen LogP contribution in [0.15, 0.2) is 72.9 Å². The number of halogens is 1. The molecule has 0 saturated carbocycles. The lowest BCUT2D eigenvalue weighted by molar-refractivity contribution is -0.110. The summed E-state index contributed by atoms with van der Waals surface area (Å²) < 4.78 is 16.2. The Balaban J connectivity index is 1.74. The molecule has 1 aliphatic rings. The molecule has 5 rings (SSSR count). The predicted octanol–water partition coefficient (Wildman–Crippen LogP) is 4.63. The van der Waals surface area contributed by atoms with E-state index in [-0.39, 0.29) is 11.7 Å². The van der Waals surface area contributed by atoms with Crippen LogP contribution in [0.25, 0.3) is 28.6 Å². The van der Waals surface area contributed by atoms with Crippen molar-refractivity contribution in [2.24, 2.45) is 0 Å². The number of fused-ring (bicyclic) bond motifs is 2. The number of hydrogen-bond acceptors (Lipinski definition) is 2. The second-order valence-electron chi connectivity index (χ2n) is 6.31. The quantitative estimate of drug-likeness (QED) is 0.533. The zero-order valence-electron chi connectivity index (χ0n) is 14.2. The number of aromatic nitrogens is 2. The summed E-state index contributed by atoms with van der Waals surface area (Å²) in [4.78, 5) is 17.1. The van der Waals surface area contributed by atoms with Gasteiger partial charge in [-0.1, -0.05) is 36.4 Å². The number of anilines is 1. The van der Waals surface area contributed by atoms with Crippen LogP contribution in [0.2, 0.25) is 0 Å². The van der Waals surface area contributed by atoms with E-state index in [2.05, 4.69) is 10.3 Å². The second kappa shape index (κ2) is 5.92. The van der Waals surface area contributed by atoms with E-state index in [4.69, 9.17) is 0 Å². The number of amides is 1. The molecule has 0 unspecified atom stereocenters. The highest BCUT2D eigenvalue weighted by atomic mass is 19.1. The SMILES string of the molecule is O=C1Nc2ccccc2/C1=C\c1nc(-c2ccccc2F)n2ccccc12. The molecule has 2 aromatic carbocycles. The number of carbonyl (C=O) groups is 1. The second-order valence-corrected chi connectivity index (χ2v) is 6.31. The summed E-state index contributed by atoms with van der Waals surface area (Å²) in [6.07, 6.45) is 3.61. The van der Waals surface area contributed by atoms with E-state index in [1.54, 1.807) is 24.3 Å². The fourth-order valence-electron chi connectivity index (χ4n) is 3.42. The summed E-state index contributed by atoms with van der Waals surface area (Å²) in [5, 5.41) is 2.86. The molecule has 27 heavy (non-hydrogen) atoms. The summed E-state index contributed by atoms with van der Waals surface area (Å²) in [5.74, 6) is -0.000579. The van der Waals surface area contributed by atoms with Gasteiger partial charge in [0.15, 0.2) is 0 Å². The van der Waals surface area contributed by atoms with Crippen LogP contribution in [0, 0.1) is 5.82 Å². The normalized spacial score (nSPS) is 14.6. The first kappa shape index (κ1) is 15.5. The number of benzene rings is 2. The maximum absolute atomic E-state index is 14.3. The number of rotatable bonds is 2. The molecule has 0 radical (unpaired) electrons. The molecule has 5 heteroatoms. The Hall–Kier alpha value is -3.73. The van der Waals surface area contributed by atoms with Crippen molar-refractivity contribution in [3.05, 3.63) is 90.0 Å². The topological polar surface area (TPSA) is 46.4 Å². The predicted molar refractivity (Wildman–Crippen MR) is 104 cm³/mol. The highest BCUT2D eigenvalue weighted by Gasteiger charge is 2.24. The number of hydrogen-bond donors (Lipinski definition) is 1. The third kappa shape index (κ3) is 2.44. The molecule has 130 valence electrons. The van der Waals surface area contributed by atoms with E-state index in [1.165, 1.54) is 6.07 Å². The van der Waals surface area contributed by atoms with Gasteiger partial charge in [-0.3, -0.25) is 9.20 Å². The van der Waals surface area contributed by atoms with Crippen LogP contribution in [-0.2, 0) is 4.79 Å². The third-order valence-electron chi connectivity index (χ3n) is 4.68. The minimum atomic E-state index is -0.337. The van der Waals surface area contributed by atoms with E-state index >= 15 is 0 Å². The van der Waals surface area contributed by atoms with Crippen molar-refractivity contribution in [1.29, 1.82) is 0 Å². The highest BCUT2D eigenvalue weighted by molar-refractivity contribution is 6.35. The Kier molecular flexibility index (Phi) is 3.40. The van der Waals surface area contributed by atoms with Crippen molar-refractivity contribution in [1.82, 2.24) is 9.38 Å². The molecule has 1 amide bonds. The average molecular weight is 355 g/mol. The van der Waals surface area contributed by atoms with Gasteiger partial charge in [-0.2, -0.15) is 0 Å². The molecule has 0 spiro atoms. The number of imidazole rings is 1. The number of carbonyl (C=O) groups excluding carboxylic acids is 1. The minimum absolute atomic E-state index is 0.166. The van der Waals surface area contributed by atoms with Gasteiger partial charge in [0.05, 0.1) is 22.3 Å². The standard InChI is InChI=1S/C22H14FN3O/c23-17-9-3-1-8-15(17)21-24-19(20-11-5-6-12-26(20)21)13-16-14-7-2-4-10-18(14)25-22(16)27/h1-13H,(H,25,27)/b16-13+. The van der Waals surface area contributed by atoms with E-state index in [0.717, 1.165) is 16.8 Å². The molecule has 0 saturated heterocycles. The van der Waals surface area contributed by atoms with Gasteiger partial charge in [0.25, 0.3) is 5.91 Å². The molecule has 0 fully saturated rings. The van der Waals surface area contributed by atoms with Crippen molar-refractivity contribution >= 4 is 28.8 Å². The molecule has 4 nitrogen and oxygen atoms in total. The molecule has 0 aliphatic carbocycles. The highest BCUT2D eigenvalue weighted by Crippen LogP contribution is 2.34. The van der Waals surface area contributed by atoms with Gasteiger partial charge in [0.2, 0.25) is 0 Å². The zero-order valence-corrected chi connectivity index (χ0v) is 14.2. The maximum Gasteiger partial charge on any atom is 0.256 e. The van der Waals surface area contributed by atoms with Gasteiger partial charge >= 0.3 is 0 Å². The lowest BCUT2D eigenvalue weighted by Crippen LogP contribution is -2.03. The summed E-state index contributed by atoms with van der Waals surface area (Å²) in [6, 6.07) is 19.7. The van der Waals surface area contributed by atoms with Crippen LogP contribution < -0.4 is 5.32 Å². The van der Waals surface area contributed by atoms with Crippen molar-refractivity contribution in [3.63, 3.8) is 0 Å². The summed E-state index contributed by atoms with van der Waals surface area (Å²) in [5.41, 5.74) is 4.02. The average Bonchev–Trinajstić information content (AvgIpc) is 3.21. The van der Waals surface area contributed by atoms with Crippen LogP contribution in [-0.4, -0.2) is 15.3 Å². The lowest BCUT2D eigenvalue weighted by Gasteiger charge is -2.01. The van der Waals surface area contributed by atoms with Crippen LogP contribution in [0.3, 0.4) is 0 Å². The van der Waals surface area contributed by atoms with E-state index in [9.17, 15) is 9.18 Å². The molecule has 2 aromatic heterocycles. The summed E-state index contributed by atoms with van der Waals surface area (Å²) >= 11 is 0. The first-order valence-corrected chi connectivity index (χ1v) is 8.57. The third-order valence-corrected chi connectivity index (χ3v) is 4.68. The van der Waals surface area contributed by atoms with E-state index in [1.807, 2.05) is 53.1 Å². The van der Waals surface area contributed by atoms with Crippen LogP contribution in [0.5, 0.6) is 0 Å². The van der Waals surface area contributed by atoms with Crippen molar-refractivity contribution in [3.8, 4) is 11.4 Å². The summed E-state index contributed by atoms with van der Waals surface area (Å²) in [7, 11) is 0. The Morgan fingerprint density at radius 2 is 1.67 bits per heavy atom. The van der Waals surface area contributed by atoms with Crippen molar-refractivity contribution < 1.29 is 9.18 Å². The number of para-hydroxylation sites is 1. The van der Waals surface area contributed by atoms with Gasteiger partial charge in [0.1, 0.15) is 11.6 Å². The number of nitrogens with zero attached hydrogens (tertiary/aromatic N) is 2. The van der Waals surface area contributed by atoms with Crippen LogP contribution in [0.1, 0.15) is 11.3 Å². The molecule has 1 N–H and O–H groups in total. The Labute approximate surface area is 154 Å². The van der Waals surface area contributed by atoms with Gasteiger partial charge in [0, 0.05) is 17.4 Å². The first-order valence-electron chi connectivity index (χ1n) is 8.57. The fraction of sp³-hybridized carbons (Fsp3) is 0. The van der Waals surface area contributed by atoms with Gasteiger partial charge in [-0.25, -0.2) is 9.37 Å². The first-order chi connectivity index (χ1) is 13.2. The molecular weight excluding hydrogens is 341 g/mol. The van der Waals surface area contributed by atoms with Crippen molar-refractivity contribution in [2.45, 2.75) is 0 Å². The lowest BCUT2D eigenvalue weighted by atomic mass is 10.1. The van der Waals surface area contributed by atoms with Crippen LogP contribution >= 0.6 is 0 Å². The Morgan fingerprint density at radius 1 is 0.926 bits per heavy atom. The van der Waals surface area contributed by atoms with Gasteiger partial charge in [-0.15, -0.1) is 0 Å². The maximum atomic E-state index is 14.3. The van der Waals surface area contributed by atoms with E-state index < -0.39 is 0 Å². The largest absolute Gasteiger partial charge is 0.321 e. The Bertz CT molecular complexity index is 1240. The zero-order chi connectivity index (χ0) is 18.4. The number of nitrogens with one attached hydrogen (secondary N) is 1. The molecule has 0 bridgehead atoms. The fourth-order valence-corrected chi connectivity index (χ4v) is 3.42. The molecule has 0 atom stereocenters. The smallest absolute Gasteiger partial charge is 0.256 e. The monoisotopic (exact) mass is 355 g/mol. The molecule has 1 aliphatic heterocycles. The molecule has 4 aromatic rings. The molecule has 3 heterocycles. The molecular formula is C22H14FN3O.